The van der Waals surface area contributed by atoms with Crippen LogP contribution < -0.4 is 5.73 Å². The summed E-state index contributed by atoms with van der Waals surface area (Å²) in [6.45, 7) is 1.68. The van der Waals surface area contributed by atoms with E-state index in [-0.39, 0.29) is 12.2 Å². The first-order valence-corrected chi connectivity index (χ1v) is 3.89. The molecule has 0 aliphatic heterocycles. The number of carbonyl (C=O) groups is 2. The largest absolute Gasteiger partial charge is 0.368 e. The summed E-state index contributed by atoms with van der Waals surface area (Å²) in [5.74, 6) is 4.15. The molecule has 0 aliphatic carbocycles. The second kappa shape index (κ2) is 5.62. The summed E-state index contributed by atoms with van der Waals surface area (Å²) in [6.07, 6.45) is 0.601. The molecule has 0 saturated carbocycles. The Balaban J connectivity index is 3.85. The molecule has 3 nitrogen and oxygen atoms in total. The van der Waals surface area contributed by atoms with Gasteiger partial charge in [0.15, 0.2) is 11.2 Å². The molecule has 4 heteroatoms. The van der Waals surface area contributed by atoms with Crippen molar-refractivity contribution in [1.29, 1.82) is 0 Å². The molecule has 0 saturated heterocycles. The molecule has 0 spiro atoms. The lowest BCUT2D eigenvalue weighted by Crippen LogP contribution is -2.30. The number of hydrogen-bond donors (Lipinski definition) is 1. The van der Waals surface area contributed by atoms with E-state index in [0.29, 0.717) is 6.42 Å². The van der Waals surface area contributed by atoms with E-state index < -0.39 is 11.3 Å². The van der Waals surface area contributed by atoms with Crippen LogP contribution >= 0.6 is 11.6 Å². The number of halogens is 1. The lowest BCUT2D eigenvalue weighted by Gasteiger charge is -2.00. The smallest absolute Gasteiger partial charge is 0.243 e. The Bertz CT molecular complexity index is 239. The van der Waals surface area contributed by atoms with Crippen LogP contribution in [-0.4, -0.2) is 17.1 Å². The topological polar surface area (TPSA) is 60.2 Å². The average Bonchev–Trinajstić information content (AvgIpc) is 2.03. The van der Waals surface area contributed by atoms with Crippen LogP contribution in [0.5, 0.6) is 0 Å². The molecule has 66 valence electrons. The fraction of sp³-hybridized carbons (Fsp3) is 0.500. The van der Waals surface area contributed by atoms with Crippen molar-refractivity contribution in [3.05, 3.63) is 0 Å². The van der Waals surface area contributed by atoms with Gasteiger partial charge in [-0.3, -0.25) is 9.59 Å². The van der Waals surface area contributed by atoms with Gasteiger partial charge >= 0.3 is 0 Å². The minimum atomic E-state index is -1.20. The average molecular weight is 188 g/mol. The highest BCUT2D eigenvalue weighted by Crippen LogP contribution is 2.01. The van der Waals surface area contributed by atoms with Gasteiger partial charge < -0.3 is 5.73 Å². The summed E-state index contributed by atoms with van der Waals surface area (Å²) >= 11 is 5.37. The molecular weight excluding hydrogens is 178 g/mol. The predicted molar refractivity (Wildman–Crippen MR) is 46.5 cm³/mol. The number of hydrogen-bond acceptors (Lipinski definition) is 2. The zero-order valence-electron chi connectivity index (χ0n) is 6.76. The third-order valence-electron chi connectivity index (χ3n) is 1.21. The quantitative estimate of drug-likeness (QED) is 0.395. The van der Waals surface area contributed by atoms with Crippen molar-refractivity contribution >= 4 is 23.3 Å². The van der Waals surface area contributed by atoms with Crippen molar-refractivity contribution in [3.8, 4) is 11.8 Å². The monoisotopic (exact) mass is 187 g/mol. The van der Waals surface area contributed by atoms with Crippen molar-refractivity contribution < 1.29 is 9.59 Å². The van der Waals surface area contributed by atoms with Crippen molar-refractivity contribution in [2.45, 2.75) is 25.1 Å². The number of alkyl halides is 1. The number of ketones is 1. The van der Waals surface area contributed by atoms with E-state index in [1.165, 1.54) is 0 Å². The maximum atomic E-state index is 11.0. The Morgan fingerprint density at radius 1 is 1.58 bits per heavy atom. The van der Waals surface area contributed by atoms with E-state index >= 15 is 0 Å². The van der Waals surface area contributed by atoms with Crippen molar-refractivity contribution in [2.24, 2.45) is 5.73 Å². The van der Waals surface area contributed by atoms with Gasteiger partial charge in [-0.2, -0.15) is 0 Å². The van der Waals surface area contributed by atoms with Crippen LogP contribution in [0.25, 0.3) is 0 Å². The lowest BCUT2D eigenvalue weighted by atomic mass is 10.1. The first-order valence-electron chi connectivity index (χ1n) is 3.45. The Labute approximate surface area is 76.3 Å². The molecule has 1 amide bonds. The maximum Gasteiger partial charge on any atom is 0.243 e. The number of Topliss-reactive ketones (excluding diaryl/α,β-unsaturated/α-hetero) is 1. The minimum absolute atomic E-state index is 0.179. The Morgan fingerprint density at radius 2 is 2.17 bits per heavy atom. The molecule has 0 aromatic heterocycles. The molecule has 0 aliphatic rings. The first kappa shape index (κ1) is 11.0. The van der Waals surface area contributed by atoms with Crippen molar-refractivity contribution in [1.82, 2.24) is 0 Å². The first-order chi connectivity index (χ1) is 5.59. The van der Waals surface area contributed by atoms with Crippen LogP contribution in [0, 0.1) is 11.8 Å². The van der Waals surface area contributed by atoms with Gasteiger partial charge in [-0.15, -0.1) is 23.4 Å². The van der Waals surface area contributed by atoms with E-state index in [1.807, 2.05) is 0 Å². The van der Waals surface area contributed by atoms with Gasteiger partial charge in [-0.1, -0.05) is 0 Å². The Morgan fingerprint density at radius 3 is 2.58 bits per heavy atom. The van der Waals surface area contributed by atoms with Gasteiger partial charge in [0.2, 0.25) is 5.91 Å². The summed E-state index contributed by atoms with van der Waals surface area (Å²) in [4.78, 5) is 21.4. The Hall–Kier alpha value is -1.01. The number of rotatable bonds is 4. The van der Waals surface area contributed by atoms with Gasteiger partial charge in [0.25, 0.3) is 0 Å². The zero-order chi connectivity index (χ0) is 9.56. The molecule has 12 heavy (non-hydrogen) atoms. The fourth-order valence-electron chi connectivity index (χ4n) is 0.596. The van der Waals surface area contributed by atoms with Crippen LogP contribution in [0.4, 0.5) is 0 Å². The molecule has 0 fully saturated rings. The maximum absolute atomic E-state index is 11.0. The van der Waals surface area contributed by atoms with Crippen LogP contribution in [0.1, 0.15) is 19.8 Å². The molecule has 2 N–H and O–H groups in total. The van der Waals surface area contributed by atoms with E-state index in [9.17, 15) is 9.59 Å². The van der Waals surface area contributed by atoms with Gasteiger partial charge in [-0.05, 0) is 6.92 Å². The predicted octanol–water partition coefficient (Wildman–Crippen LogP) is 0.452. The van der Waals surface area contributed by atoms with E-state index in [4.69, 9.17) is 17.3 Å². The van der Waals surface area contributed by atoms with Crippen molar-refractivity contribution in [3.63, 3.8) is 0 Å². The number of carbonyl (C=O) groups excluding carboxylic acids is 2. The van der Waals surface area contributed by atoms with Gasteiger partial charge in [-0.25, -0.2) is 0 Å². The molecular formula is C8H10ClNO2. The van der Waals surface area contributed by atoms with Gasteiger partial charge in [0.1, 0.15) is 0 Å². The van der Waals surface area contributed by atoms with Gasteiger partial charge in [0, 0.05) is 12.8 Å². The molecule has 0 bridgehead atoms. The number of amides is 1. The molecule has 0 aromatic carbocycles. The van der Waals surface area contributed by atoms with Crippen LogP contribution in [-0.2, 0) is 9.59 Å². The number of primary amides is 1. The SMILES string of the molecule is CC#CCCC(=O)C(Cl)C(N)=O. The van der Waals surface area contributed by atoms with E-state index in [0.717, 1.165) is 0 Å². The summed E-state index contributed by atoms with van der Waals surface area (Å²) in [5, 5.41) is -1.20. The van der Waals surface area contributed by atoms with Crippen LogP contribution in [0.2, 0.25) is 0 Å². The third kappa shape index (κ3) is 3.99. The molecule has 0 radical (unpaired) electrons. The zero-order valence-corrected chi connectivity index (χ0v) is 7.52. The summed E-state index contributed by atoms with van der Waals surface area (Å²) < 4.78 is 0. The fourth-order valence-corrected chi connectivity index (χ4v) is 0.705. The normalized spacial score (nSPS) is 11.2. The Kier molecular flexibility index (Phi) is 5.14. The number of nitrogens with two attached hydrogens (primary N) is 1. The summed E-state index contributed by atoms with van der Waals surface area (Å²) in [5.41, 5.74) is 4.81. The molecule has 0 heterocycles. The molecule has 0 aromatic rings. The van der Waals surface area contributed by atoms with Crippen LogP contribution in [0.15, 0.2) is 0 Å². The minimum Gasteiger partial charge on any atom is -0.368 e. The summed E-state index contributed by atoms with van der Waals surface area (Å²) in [7, 11) is 0. The molecule has 1 unspecified atom stereocenters. The van der Waals surface area contributed by atoms with E-state index in [2.05, 4.69) is 11.8 Å². The second-order valence-corrected chi connectivity index (χ2v) is 2.59. The molecule has 0 rings (SSSR count). The lowest BCUT2D eigenvalue weighted by molar-refractivity contribution is -0.125. The van der Waals surface area contributed by atoms with Crippen LogP contribution in [0.3, 0.4) is 0 Å². The highest BCUT2D eigenvalue weighted by Gasteiger charge is 2.19. The second-order valence-electron chi connectivity index (χ2n) is 2.16. The highest BCUT2D eigenvalue weighted by atomic mass is 35.5. The van der Waals surface area contributed by atoms with Crippen molar-refractivity contribution in [2.75, 3.05) is 0 Å². The molecule has 1 atom stereocenters. The van der Waals surface area contributed by atoms with Gasteiger partial charge in [0.05, 0.1) is 0 Å². The summed E-state index contributed by atoms with van der Waals surface area (Å²) in [6, 6.07) is 0. The third-order valence-corrected chi connectivity index (χ3v) is 1.66. The standard InChI is InChI=1S/C8H10ClNO2/c1-2-3-4-5-6(11)7(9)8(10)12/h7H,4-5H2,1H3,(H2,10,12). The van der Waals surface area contributed by atoms with E-state index in [1.54, 1.807) is 6.92 Å². The highest BCUT2D eigenvalue weighted by molar-refractivity contribution is 6.41.